The number of carbonyl (C=O) groups excluding carboxylic acids is 1. The Balaban J connectivity index is 2.32. The van der Waals surface area contributed by atoms with Crippen molar-refractivity contribution in [1.82, 2.24) is 0 Å². The average molecular weight is 247 g/mol. The summed E-state index contributed by atoms with van der Waals surface area (Å²) in [5.41, 5.74) is 9.69. The summed E-state index contributed by atoms with van der Waals surface area (Å²) < 4.78 is 0. The van der Waals surface area contributed by atoms with Gasteiger partial charge in [-0.25, -0.2) is 0 Å². The van der Waals surface area contributed by atoms with Gasteiger partial charge in [-0.1, -0.05) is 6.92 Å². The van der Waals surface area contributed by atoms with E-state index in [1.54, 1.807) is 0 Å². The molecule has 0 aliphatic carbocycles. The Labute approximate surface area is 108 Å². The number of anilines is 3. The van der Waals surface area contributed by atoms with E-state index >= 15 is 0 Å². The second-order valence-corrected chi connectivity index (χ2v) is 5.51. The van der Waals surface area contributed by atoms with E-state index in [1.807, 2.05) is 12.1 Å². The Morgan fingerprint density at radius 1 is 1.39 bits per heavy atom. The Morgan fingerprint density at radius 3 is 2.78 bits per heavy atom. The second kappa shape index (κ2) is 4.52. The predicted octanol–water partition coefficient (Wildman–Crippen LogP) is 2.75. The molecule has 1 aliphatic heterocycles. The summed E-state index contributed by atoms with van der Waals surface area (Å²) >= 11 is 0. The fourth-order valence-electron chi connectivity index (χ4n) is 2.01. The number of hydrogen-bond donors (Lipinski definition) is 3. The smallest absolute Gasteiger partial charge is 0.224 e. The molecule has 1 amide bonds. The third-order valence-corrected chi connectivity index (χ3v) is 3.53. The molecule has 4 nitrogen and oxygen atoms in total. The zero-order valence-electron chi connectivity index (χ0n) is 11.3. The van der Waals surface area contributed by atoms with Crippen molar-refractivity contribution in [2.75, 3.05) is 16.4 Å². The van der Waals surface area contributed by atoms with Gasteiger partial charge in [0.2, 0.25) is 5.91 Å². The molecule has 0 aromatic heterocycles. The minimum absolute atomic E-state index is 0.0129. The van der Waals surface area contributed by atoms with E-state index in [4.69, 9.17) is 5.73 Å². The van der Waals surface area contributed by atoms with Crippen molar-refractivity contribution in [3.63, 3.8) is 0 Å². The lowest BCUT2D eigenvalue weighted by atomic mass is 9.98. The Morgan fingerprint density at radius 2 is 2.11 bits per heavy atom. The molecule has 0 bridgehead atoms. The molecule has 1 aromatic rings. The zero-order valence-corrected chi connectivity index (χ0v) is 11.3. The van der Waals surface area contributed by atoms with Crippen molar-refractivity contribution in [2.24, 2.45) is 0 Å². The van der Waals surface area contributed by atoms with Crippen molar-refractivity contribution in [1.29, 1.82) is 0 Å². The van der Waals surface area contributed by atoms with Crippen LogP contribution >= 0.6 is 0 Å². The summed E-state index contributed by atoms with van der Waals surface area (Å²) in [4.78, 5) is 11.4. The monoisotopic (exact) mass is 247 g/mol. The molecule has 0 saturated heterocycles. The van der Waals surface area contributed by atoms with Crippen LogP contribution in [0.15, 0.2) is 12.1 Å². The van der Waals surface area contributed by atoms with Crippen molar-refractivity contribution in [2.45, 2.75) is 45.6 Å². The molecular formula is C14H21N3O. The van der Waals surface area contributed by atoms with Gasteiger partial charge < -0.3 is 16.4 Å². The topological polar surface area (TPSA) is 67.1 Å². The van der Waals surface area contributed by atoms with Gasteiger partial charge in [0.15, 0.2) is 0 Å². The number of aryl methyl sites for hydroxylation is 1. The third-order valence-electron chi connectivity index (χ3n) is 3.53. The maximum Gasteiger partial charge on any atom is 0.224 e. The van der Waals surface area contributed by atoms with E-state index in [-0.39, 0.29) is 11.4 Å². The Kier molecular flexibility index (Phi) is 3.20. The van der Waals surface area contributed by atoms with Crippen LogP contribution in [0.4, 0.5) is 17.1 Å². The average Bonchev–Trinajstić information content (AvgIpc) is 2.30. The largest absolute Gasteiger partial charge is 0.397 e. The third kappa shape index (κ3) is 2.58. The number of benzene rings is 1. The van der Waals surface area contributed by atoms with Crippen LogP contribution in [0.5, 0.6) is 0 Å². The number of nitrogens with two attached hydrogens (primary N) is 1. The first-order valence-electron chi connectivity index (χ1n) is 6.42. The molecule has 4 N–H and O–H groups in total. The van der Waals surface area contributed by atoms with Crippen molar-refractivity contribution >= 4 is 23.0 Å². The predicted molar refractivity (Wildman–Crippen MR) is 75.8 cm³/mol. The van der Waals surface area contributed by atoms with Gasteiger partial charge in [0.1, 0.15) is 0 Å². The van der Waals surface area contributed by atoms with E-state index in [0.29, 0.717) is 6.42 Å². The Hall–Kier alpha value is -1.71. The number of carbonyl (C=O) groups is 1. The minimum Gasteiger partial charge on any atom is -0.397 e. The maximum atomic E-state index is 11.4. The van der Waals surface area contributed by atoms with E-state index in [2.05, 4.69) is 31.4 Å². The van der Waals surface area contributed by atoms with E-state index in [1.165, 1.54) is 0 Å². The first kappa shape index (κ1) is 12.7. The van der Waals surface area contributed by atoms with Gasteiger partial charge in [0.25, 0.3) is 0 Å². The maximum absolute atomic E-state index is 11.4. The van der Waals surface area contributed by atoms with E-state index in [9.17, 15) is 4.79 Å². The molecule has 18 heavy (non-hydrogen) atoms. The molecule has 1 aliphatic rings. The van der Waals surface area contributed by atoms with Gasteiger partial charge in [-0.3, -0.25) is 4.79 Å². The number of rotatable bonds is 3. The lowest BCUT2D eigenvalue weighted by Crippen LogP contribution is -2.30. The normalized spacial score (nSPS) is 14.9. The number of nitrogen functional groups attached to an aromatic ring is 1. The Bertz CT molecular complexity index is 480. The van der Waals surface area contributed by atoms with Gasteiger partial charge in [-0.05, 0) is 44.4 Å². The zero-order chi connectivity index (χ0) is 13.3. The van der Waals surface area contributed by atoms with Gasteiger partial charge in [0.05, 0.1) is 11.4 Å². The van der Waals surface area contributed by atoms with Crippen molar-refractivity contribution in [3.05, 3.63) is 17.7 Å². The van der Waals surface area contributed by atoms with Gasteiger partial charge >= 0.3 is 0 Å². The highest BCUT2D eigenvalue weighted by atomic mass is 16.1. The molecule has 1 aromatic carbocycles. The van der Waals surface area contributed by atoms with Crippen LogP contribution in [-0.2, 0) is 11.2 Å². The van der Waals surface area contributed by atoms with Gasteiger partial charge in [-0.15, -0.1) is 0 Å². The highest BCUT2D eigenvalue weighted by Gasteiger charge is 2.20. The first-order valence-corrected chi connectivity index (χ1v) is 6.42. The summed E-state index contributed by atoms with van der Waals surface area (Å²) in [6.45, 7) is 6.39. The highest BCUT2D eigenvalue weighted by molar-refractivity contribution is 5.95. The summed E-state index contributed by atoms with van der Waals surface area (Å²) in [5.74, 6) is 0.0768. The lowest BCUT2D eigenvalue weighted by molar-refractivity contribution is -0.116. The summed E-state index contributed by atoms with van der Waals surface area (Å²) in [6.07, 6.45) is 2.30. The summed E-state index contributed by atoms with van der Waals surface area (Å²) in [5, 5.41) is 6.32. The van der Waals surface area contributed by atoms with Crippen LogP contribution in [0.1, 0.15) is 39.2 Å². The first-order chi connectivity index (χ1) is 8.41. The summed E-state index contributed by atoms with van der Waals surface area (Å²) in [6, 6.07) is 3.90. The van der Waals surface area contributed by atoms with Gasteiger partial charge in [-0.2, -0.15) is 0 Å². The molecule has 0 unspecified atom stereocenters. The van der Waals surface area contributed by atoms with E-state index < -0.39 is 0 Å². The fraction of sp³-hybridized carbons (Fsp3) is 0.500. The quantitative estimate of drug-likeness (QED) is 0.719. The molecule has 0 fully saturated rings. The van der Waals surface area contributed by atoms with Crippen LogP contribution in [0.3, 0.4) is 0 Å². The molecule has 0 spiro atoms. The van der Waals surface area contributed by atoms with Crippen molar-refractivity contribution in [3.8, 4) is 0 Å². The molecule has 0 radical (unpaired) electrons. The molecule has 0 saturated carbocycles. The number of fused-ring (bicyclic) bond motifs is 1. The second-order valence-electron chi connectivity index (χ2n) is 5.51. The molecular weight excluding hydrogens is 226 g/mol. The number of nitrogens with one attached hydrogen (secondary N) is 2. The van der Waals surface area contributed by atoms with Gasteiger partial charge in [0, 0.05) is 17.6 Å². The highest BCUT2D eigenvalue weighted by Crippen LogP contribution is 2.32. The number of hydrogen-bond acceptors (Lipinski definition) is 3. The molecule has 1 heterocycles. The van der Waals surface area contributed by atoms with Crippen LogP contribution in [-0.4, -0.2) is 11.4 Å². The van der Waals surface area contributed by atoms with Crippen LogP contribution in [0, 0.1) is 0 Å². The van der Waals surface area contributed by atoms with Crippen LogP contribution < -0.4 is 16.4 Å². The van der Waals surface area contributed by atoms with Crippen molar-refractivity contribution < 1.29 is 4.79 Å². The molecule has 4 heteroatoms. The SMILES string of the molecule is CCC(C)(C)Nc1cc2c(cc1N)CCC(=O)N2. The molecule has 0 atom stereocenters. The molecule has 98 valence electrons. The standard InChI is InChI=1S/C14H21N3O/c1-4-14(2,3)17-12-8-11-9(7-10(12)15)5-6-13(18)16-11/h7-8,17H,4-6,15H2,1-3H3,(H,16,18). The van der Waals surface area contributed by atoms with E-state index in [0.717, 1.165) is 35.5 Å². The fourth-order valence-corrected chi connectivity index (χ4v) is 2.01. The molecule has 2 rings (SSSR count). The number of amides is 1. The van der Waals surface area contributed by atoms with Crippen LogP contribution in [0.2, 0.25) is 0 Å². The van der Waals surface area contributed by atoms with Crippen LogP contribution in [0.25, 0.3) is 0 Å². The minimum atomic E-state index is -0.0129. The lowest BCUT2D eigenvalue weighted by Gasteiger charge is -2.28. The summed E-state index contributed by atoms with van der Waals surface area (Å²) in [7, 11) is 0.